The van der Waals surface area contributed by atoms with Gasteiger partial charge in [0.05, 0.1) is 0 Å². The molecule has 0 heterocycles. The molecule has 17 heavy (non-hydrogen) atoms. The molecule has 1 saturated carbocycles. The van der Waals surface area contributed by atoms with Crippen molar-refractivity contribution in [2.45, 2.75) is 32.2 Å². The summed E-state index contributed by atoms with van der Waals surface area (Å²) in [6, 6.07) is 5.49. The third-order valence-corrected chi connectivity index (χ3v) is 4.48. The molecule has 2 rings (SSSR count). The highest BCUT2D eigenvalue weighted by Crippen LogP contribution is 2.36. The lowest BCUT2D eigenvalue weighted by molar-refractivity contribution is 0.360. The Morgan fingerprint density at radius 3 is 2.76 bits per heavy atom. The van der Waals surface area contributed by atoms with Gasteiger partial charge in [-0.1, -0.05) is 24.6 Å². The van der Waals surface area contributed by atoms with Crippen LogP contribution < -0.4 is 5.32 Å². The van der Waals surface area contributed by atoms with Crippen molar-refractivity contribution in [2.75, 3.05) is 7.05 Å². The smallest absolute Gasteiger partial charge is 0.127 e. The molecule has 1 aromatic rings. The summed E-state index contributed by atoms with van der Waals surface area (Å²) >= 11 is 6.07. The largest absolute Gasteiger partial charge is 0.317 e. The molecule has 0 spiro atoms. The van der Waals surface area contributed by atoms with Crippen LogP contribution in [0.1, 0.15) is 25.3 Å². The first-order valence-electron chi connectivity index (χ1n) is 6.23. The Balaban J connectivity index is 2.12. The number of hydrogen-bond donors (Lipinski definition) is 1. The Morgan fingerprint density at radius 1 is 1.41 bits per heavy atom. The number of rotatable bonds is 3. The minimum Gasteiger partial charge on any atom is -0.317 e. The number of nitrogens with one attached hydrogen (secondary N) is 1. The van der Waals surface area contributed by atoms with Gasteiger partial charge in [0.15, 0.2) is 0 Å². The Hall–Kier alpha value is -0.600. The van der Waals surface area contributed by atoms with E-state index in [1.165, 1.54) is 12.5 Å². The van der Waals surface area contributed by atoms with Gasteiger partial charge in [-0.05, 0) is 50.3 Å². The summed E-state index contributed by atoms with van der Waals surface area (Å²) in [6.45, 7) is 2.24. The van der Waals surface area contributed by atoms with E-state index in [4.69, 9.17) is 11.6 Å². The number of hydrogen-bond acceptors (Lipinski definition) is 1. The van der Waals surface area contributed by atoms with Gasteiger partial charge in [-0.25, -0.2) is 4.39 Å². The lowest BCUT2D eigenvalue weighted by Crippen LogP contribution is -2.29. The Kier molecular flexibility index (Phi) is 4.05. The molecular formula is C14H19ClFN. The van der Waals surface area contributed by atoms with Crippen LogP contribution in [0, 0.1) is 17.7 Å². The lowest BCUT2D eigenvalue weighted by atomic mass is 9.89. The molecule has 1 aromatic carbocycles. The minimum absolute atomic E-state index is 0.169. The molecule has 1 nitrogen and oxygen atoms in total. The van der Waals surface area contributed by atoms with Crippen LogP contribution in [-0.2, 0) is 6.42 Å². The first-order chi connectivity index (χ1) is 8.13. The fraction of sp³-hybridized carbons (Fsp3) is 0.571. The van der Waals surface area contributed by atoms with Crippen LogP contribution in [0.15, 0.2) is 18.2 Å². The van der Waals surface area contributed by atoms with Crippen molar-refractivity contribution < 1.29 is 4.39 Å². The first-order valence-corrected chi connectivity index (χ1v) is 6.61. The van der Waals surface area contributed by atoms with Gasteiger partial charge in [0.25, 0.3) is 0 Å². The predicted molar refractivity (Wildman–Crippen MR) is 69.8 cm³/mol. The van der Waals surface area contributed by atoms with E-state index in [1.807, 2.05) is 7.05 Å². The maximum absolute atomic E-state index is 13.7. The van der Waals surface area contributed by atoms with Crippen molar-refractivity contribution in [3.8, 4) is 0 Å². The van der Waals surface area contributed by atoms with Gasteiger partial charge in [-0.3, -0.25) is 0 Å². The molecule has 1 aliphatic carbocycles. The van der Waals surface area contributed by atoms with Crippen LogP contribution in [0.3, 0.4) is 0 Å². The van der Waals surface area contributed by atoms with Gasteiger partial charge >= 0.3 is 0 Å². The van der Waals surface area contributed by atoms with Crippen molar-refractivity contribution in [3.63, 3.8) is 0 Å². The molecule has 94 valence electrons. The highest BCUT2D eigenvalue weighted by atomic mass is 35.5. The Bertz CT molecular complexity index is 374. The van der Waals surface area contributed by atoms with E-state index in [9.17, 15) is 4.39 Å². The second-order valence-corrected chi connectivity index (χ2v) is 5.40. The molecular weight excluding hydrogens is 237 g/mol. The molecule has 3 heteroatoms. The van der Waals surface area contributed by atoms with E-state index in [1.54, 1.807) is 12.1 Å². The number of halogens is 2. The summed E-state index contributed by atoms with van der Waals surface area (Å²) in [5.74, 6) is 0.940. The summed E-state index contributed by atoms with van der Waals surface area (Å²) in [7, 11) is 2.00. The summed E-state index contributed by atoms with van der Waals surface area (Å²) in [4.78, 5) is 0. The molecule has 0 radical (unpaired) electrons. The fourth-order valence-corrected chi connectivity index (χ4v) is 3.17. The average Bonchev–Trinajstić information content (AvgIpc) is 2.65. The van der Waals surface area contributed by atoms with Crippen molar-refractivity contribution in [2.24, 2.45) is 11.8 Å². The van der Waals surface area contributed by atoms with Crippen molar-refractivity contribution in [1.82, 2.24) is 5.32 Å². The standard InChI is InChI=1S/C14H19ClFN/c1-9-10(6-7-14(9)17-2)8-11-12(15)4-3-5-13(11)16/h3-5,9-10,14,17H,6-8H2,1-2H3. The molecule has 3 atom stereocenters. The Labute approximate surface area is 107 Å². The summed E-state index contributed by atoms with van der Waals surface area (Å²) in [5.41, 5.74) is 0.683. The highest BCUT2D eigenvalue weighted by Gasteiger charge is 2.32. The Morgan fingerprint density at radius 2 is 2.18 bits per heavy atom. The van der Waals surface area contributed by atoms with E-state index >= 15 is 0 Å². The van der Waals surface area contributed by atoms with Crippen LogP contribution in [0.4, 0.5) is 4.39 Å². The lowest BCUT2D eigenvalue weighted by Gasteiger charge is -2.21. The zero-order valence-electron chi connectivity index (χ0n) is 10.3. The van der Waals surface area contributed by atoms with E-state index in [2.05, 4.69) is 12.2 Å². The monoisotopic (exact) mass is 255 g/mol. The molecule has 0 aliphatic heterocycles. The molecule has 0 aromatic heterocycles. The topological polar surface area (TPSA) is 12.0 Å². The first kappa shape index (κ1) is 12.8. The van der Waals surface area contributed by atoms with Gasteiger partial charge in [0.2, 0.25) is 0 Å². The second-order valence-electron chi connectivity index (χ2n) is 5.00. The van der Waals surface area contributed by atoms with Crippen LogP contribution in [0.25, 0.3) is 0 Å². The van der Waals surface area contributed by atoms with E-state index in [-0.39, 0.29) is 5.82 Å². The van der Waals surface area contributed by atoms with Crippen molar-refractivity contribution in [3.05, 3.63) is 34.6 Å². The van der Waals surface area contributed by atoms with Gasteiger partial charge in [-0.15, -0.1) is 0 Å². The predicted octanol–water partition coefficient (Wildman–Crippen LogP) is 3.66. The van der Waals surface area contributed by atoms with Crippen molar-refractivity contribution >= 4 is 11.6 Å². The van der Waals surface area contributed by atoms with Crippen LogP contribution in [0.5, 0.6) is 0 Å². The molecule has 0 bridgehead atoms. The third kappa shape index (κ3) is 2.63. The SMILES string of the molecule is CNC1CCC(Cc2c(F)cccc2Cl)C1C. The number of benzene rings is 1. The average molecular weight is 256 g/mol. The highest BCUT2D eigenvalue weighted by molar-refractivity contribution is 6.31. The minimum atomic E-state index is -0.169. The van der Waals surface area contributed by atoms with Crippen molar-refractivity contribution in [1.29, 1.82) is 0 Å². The third-order valence-electron chi connectivity index (χ3n) is 4.13. The second kappa shape index (κ2) is 5.36. The van der Waals surface area contributed by atoms with Gasteiger partial charge in [-0.2, -0.15) is 0 Å². The van der Waals surface area contributed by atoms with Crippen LogP contribution in [0.2, 0.25) is 5.02 Å². The summed E-state index contributed by atoms with van der Waals surface area (Å²) in [6.07, 6.45) is 3.08. The molecule has 1 aliphatic rings. The zero-order valence-corrected chi connectivity index (χ0v) is 11.1. The fourth-order valence-electron chi connectivity index (χ4n) is 2.93. The molecule has 1 N–H and O–H groups in total. The molecule has 0 amide bonds. The normalized spacial score (nSPS) is 28.6. The summed E-state index contributed by atoms with van der Waals surface area (Å²) < 4.78 is 13.7. The van der Waals surface area contributed by atoms with E-state index < -0.39 is 0 Å². The molecule has 1 fully saturated rings. The zero-order chi connectivity index (χ0) is 12.4. The van der Waals surface area contributed by atoms with Crippen LogP contribution >= 0.6 is 11.6 Å². The quantitative estimate of drug-likeness (QED) is 0.869. The van der Waals surface area contributed by atoms with E-state index in [0.29, 0.717) is 28.5 Å². The molecule has 0 saturated heterocycles. The maximum atomic E-state index is 13.7. The van der Waals surface area contributed by atoms with Gasteiger partial charge in [0, 0.05) is 16.6 Å². The maximum Gasteiger partial charge on any atom is 0.127 e. The van der Waals surface area contributed by atoms with Gasteiger partial charge in [0.1, 0.15) is 5.82 Å². The molecule has 3 unspecified atom stereocenters. The van der Waals surface area contributed by atoms with E-state index in [0.717, 1.165) is 12.8 Å². The van der Waals surface area contributed by atoms with Gasteiger partial charge < -0.3 is 5.32 Å². The summed E-state index contributed by atoms with van der Waals surface area (Å²) in [5, 5.41) is 3.89. The van der Waals surface area contributed by atoms with Crippen LogP contribution in [-0.4, -0.2) is 13.1 Å².